The summed E-state index contributed by atoms with van der Waals surface area (Å²) in [4.78, 5) is 11.5. The van der Waals surface area contributed by atoms with Crippen molar-refractivity contribution < 1.29 is 35.5 Å². The number of nitrogens with one attached hydrogen (secondary N) is 1. The standard InChI is InChI=1S/C11H7BrF7NO/c12-5-1-2-6(7(3-5)11(17,18)19)8(21)20-4-10(15,16)9(13)14/h1-3,9H,4H2,(H,20,21). The Kier molecular flexibility index (Phi) is 5.24. The molecule has 0 aromatic heterocycles. The normalized spacial score (nSPS) is 12.6. The molecule has 0 heterocycles. The zero-order chi connectivity index (χ0) is 16.4. The van der Waals surface area contributed by atoms with Crippen molar-refractivity contribution in [1.29, 1.82) is 0 Å². The van der Waals surface area contributed by atoms with Crippen LogP contribution in [0, 0.1) is 0 Å². The average molecular weight is 382 g/mol. The highest BCUT2D eigenvalue weighted by Crippen LogP contribution is 2.34. The summed E-state index contributed by atoms with van der Waals surface area (Å²) in [7, 11) is 0. The molecule has 0 bridgehead atoms. The third-order valence-electron chi connectivity index (χ3n) is 2.34. The second kappa shape index (κ2) is 6.20. The highest BCUT2D eigenvalue weighted by atomic mass is 79.9. The fraction of sp³-hybridized carbons (Fsp3) is 0.364. The maximum absolute atomic E-state index is 12.7. The van der Waals surface area contributed by atoms with Crippen LogP contribution in [0.2, 0.25) is 0 Å². The van der Waals surface area contributed by atoms with Gasteiger partial charge in [-0.15, -0.1) is 0 Å². The van der Waals surface area contributed by atoms with Crippen LogP contribution in [-0.2, 0) is 6.18 Å². The van der Waals surface area contributed by atoms with Gasteiger partial charge in [0, 0.05) is 4.47 Å². The molecule has 0 saturated heterocycles. The van der Waals surface area contributed by atoms with Crippen molar-refractivity contribution >= 4 is 21.8 Å². The topological polar surface area (TPSA) is 29.1 Å². The van der Waals surface area contributed by atoms with Crippen molar-refractivity contribution in [3.05, 3.63) is 33.8 Å². The molecule has 1 aromatic rings. The monoisotopic (exact) mass is 381 g/mol. The van der Waals surface area contributed by atoms with Crippen molar-refractivity contribution in [3.8, 4) is 0 Å². The Balaban J connectivity index is 2.99. The summed E-state index contributed by atoms with van der Waals surface area (Å²) in [6, 6.07) is 2.43. The zero-order valence-electron chi connectivity index (χ0n) is 9.95. The number of hydrogen-bond donors (Lipinski definition) is 1. The van der Waals surface area contributed by atoms with E-state index in [0.29, 0.717) is 6.07 Å². The Labute approximate surface area is 122 Å². The van der Waals surface area contributed by atoms with Gasteiger partial charge in [-0.2, -0.15) is 22.0 Å². The van der Waals surface area contributed by atoms with Gasteiger partial charge in [0.05, 0.1) is 17.7 Å². The Morgan fingerprint density at radius 1 is 1.19 bits per heavy atom. The largest absolute Gasteiger partial charge is 0.417 e. The molecule has 0 aliphatic heterocycles. The van der Waals surface area contributed by atoms with Crippen LogP contribution in [0.15, 0.2) is 22.7 Å². The number of benzene rings is 1. The molecule has 2 nitrogen and oxygen atoms in total. The lowest BCUT2D eigenvalue weighted by Gasteiger charge is -2.17. The minimum Gasteiger partial charge on any atom is -0.346 e. The van der Waals surface area contributed by atoms with Gasteiger partial charge in [0.2, 0.25) is 0 Å². The summed E-state index contributed by atoms with van der Waals surface area (Å²) in [5, 5.41) is 1.37. The number of carbonyl (C=O) groups excluding carboxylic acids is 1. The summed E-state index contributed by atoms with van der Waals surface area (Å²) >= 11 is 2.78. The van der Waals surface area contributed by atoms with Gasteiger partial charge < -0.3 is 5.32 Å². The van der Waals surface area contributed by atoms with E-state index in [4.69, 9.17) is 0 Å². The molecule has 0 unspecified atom stereocenters. The van der Waals surface area contributed by atoms with Gasteiger partial charge in [-0.3, -0.25) is 4.79 Å². The number of alkyl halides is 7. The summed E-state index contributed by atoms with van der Waals surface area (Å²) in [5.41, 5.74) is -2.30. The van der Waals surface area contributed by atoms with Crippen molar-refractivity contribution in [1.82, 2.24) is 5.32 Å². The SMILES string of the molecule is O=C(NCC(F)(F)C(F)F)c1ccc(Br)cc1C(F)(F)F. The van der Waals surface area contributed by atoms with Crippen molar-refractivity contribution in [2.45, 2.75) is 18.5 Å². The molecule has 1 N–H and O–H groups in total. The van der Waals surface area contributed by atoms with Crippen LogP contribution in [-0.4, -0.2) is 24.8 Å². The van der Waals surface area contributed by atoms with E-state index in [1.807, 2.05) is 0 Å². The molecule has 1 aromatic carbocycles. The molecule has 0 aliphatic carbocycles. The first-order valence-electron chi connectivity index (χ1n) is 5.26. The molecule has 1 rings (SSSR count). The molecule has 10 heteroatoms. The van der Waals surface area contributed by atoms with Crippen LogP contribution < -0.4 is 5.32 Å². The maximum Gasteiger partial charge on any atom is 0.417 e. The van der Waals surface area contributed by atoms with E-state index in [1.165, 1.54) is 5.32 Å². The van der Waals surface area contributed by atoms with Gasteiger partial charge in [0.25, 0.3) is 5.91 Å². The predicted molar refractivity (Wildman–Crippen MR) is 62.4 cm³/mol. The minimum atomic E-state index is -4.90. The third kappa shape index (κ3) is 4.58. The van der Waals surface area contributed by atoms with Gasteiger partial charge in [-0.05, 0) is 18.2 Å². The fourth-order valence-corrected chi connectivity index (χ4v) is 1.68. The lowest BCUT2D eigenvalue weighted by atomic mass is 10.1. The van der Waals surface area contributed by atoms with Gasteiger partial charge in [0.15, 0.2) is 0 Å². The summed E-state index contributed by atoms with van der Waals surface area (Å²) in [6.45, 7) is -1.77. The minimum absolute atomic E-state index is 0.0179. The Hall–Kier alpha value is -1.32. The number of rotatable bonds is 4. The molecule has 0 radical (unpaired) electrons. The Bertz CT molecular complexity index is 530. The second-order valence-electron chi connectivity index (χ2n) is 3.93. The molecule has 21 heavy (non-hydrogen) atoms. The van der Waals surface area contributed by atoms with Crippen LogP contribution in [0.1, 0.15) is 15.9 Å². The number of amides is 1. The maximum atomic E-state index is 12.7. The fourth-order valence-electron chi connectivity index (χ4n) is 1.32. The summed E-state index contributed by atoms with van der Waals surface area (Å²) in [5.74, 6) is -6.04. The highest BCUT2D eigenvalue weighted by molar-refractivity contribution is 9.10. The molecule has 0 aliphatic rings. The summed E-state index contributed by atoms with van der Waals surface area (Å²) < 4.78 is 87.2. The van der Waals surface area contributed by atoms with E-state index in [0.717, 1.165) is 12.1 Å². The lowest BCUT2D eigenvalue weighted by Crippen LogP contribution is -2.41. The van der Waals surface area contributed by atoms with Gasteiger partial charge >= 0.3 is 18.5 Å². The number of hydrogen-bond acceptors (Lipinski definition) is 1. The molecule has 0 saturated carbocycles. The number of carbonyl (C=O) groups is 1. The zero-order valence-corrected chi connectivity index (χ0v) is 11.5. The van der Waals surface area contributed by atoms with Gasteiger partial charge in [-0.25, -0.2) is 8.78 Å². The predicted octanol–water partition coefficient (Wildman–Crippen LogP) is 4.10. The number of halogens is 8. The van der Waals surface area contributed by atoms with Crippen LogP contribution in [0.3, 0.4) is 0 Å². The molecule has 1 amide bonds. The molecule has 0 spiro atoms. The van der Waals surface area contributed by atoms with E-state index < -0.39 is 42.1 Å². The van der Waals surface area contributed by atoms with Crippen LogP contribution in [0.5, 0.6) is 0 Å². The second-order valence-corrected chi connectivity index (χ2v) is 4.85. The van der Waals surface area contributed by atoms with Crippen molar-refractivity contribution in [2.75, 3.05) is 6.54 Å². The third-order valence-corrected chi connectivity index (χ3v) is 2.83. The van der Waals surface area contributed by atoms with Crippen molar-refractivity contribution in [2.24, 2.45) is 0 Å². The quantitative estimate of drug-likeness (QED) is 0.781. The lowest BCUT2D eigenvalue weighted by molar-refractivity contribution is -0.138. The Morgan fingerprint density at radius 2 is 1.76 bits per heavy atom. The molecular formula is C11H7BrF7NO. The first-order chi connectivity index (χ1) is 9.45. The molecule has 0 fully saturated rings. The molecule has 0 atom stereocenters. The first-order valence-corrected chi connectivity index (χ1v) is 6.05. The van der Waals surface area contributed by atoms with E-state index in [-0.39, 0.29) is 4.47 Å². The smallest absolute Gasteiger partial charge is 0.346 e. The van der Waals surface area contributed by atoms with E-state index >= 15 is 0 Å². The van der Waals surface area contributed by atoms with Crippen LogP contribution >= 0.6 is 15.9 Å². The highest BCUT2D eigenvalue weighted by Gasteiger charge is 2.41. The van der Waals surface area contributed by atoms with E-state index in [2.05, 4.69) is 15.9 Å². The van der Waals surface area contributed by atoms with E-state index in [1.54, 1.807) is 0 Å². The van der Waals surface area contributed by atoms with Crippen LogP contribution in [0.25, 0.3) is 0 Å². The Morgan fingerprint density at radius 3 is 2.24 bits per heavy atom. The van der Waals surface area contributed by atoms with Gasteiger partial charge in [-0.1, -0.05) is 15.9 Å². The molecular weight excluding hydrogens is 375 g/mol. The molecule has 118 valence electrons. The average Bonchev–Trinajstić information content (AvgIpc) is 2.34. The first kappa shape index (κ1) is 17.7. The van der Waals surface area contributed by atoms with Crippen molar-refractivity contribution in [3.63, 3.8) is 0 Å². The van der Waals surface area contributed by atoms with E-state index in [9.17, 15) is 35.5 Å². The van der Waals surface area contributed by atoms with Crippen LogP contribution in [0.4, 0.5) is 30.7 Å². The summed E-state index contributed by atoms with van der Waals surface area (Å²) in [6.07, 6.45) is -8.94. The van der Waals surface area contributed by atoms with Gasteiger partial charge in [0.1, 0.15) is 0 Å².